The fourth-order valence-electron chi connectivity index (χ4n) is 1.58. The van der Waals surface area contributed by atoms with Crippen LogP contribution < -0.4 is 5.32 Å². The van der Waals surface area contributed by atoms with Crippen molar-refractivity contribution in [3.8, 4) is 0 Å². The van der Waals surface area contributed by atoms with Crippen molar-refractivity contribution in [1.29, 1.82) is 0 Å². The summed E-state index contributed by atoms with van der Waals surface area (Å²) in [5.41, 5.74) is -0.832. The van der Waals surface area contributed by atoms with Crippen LogP contribution in [0.5, 0.6) is 0 Å². The SMILES string of the molecule is CC(C)SCC(=O)NC(C)(C(=O)O)c1ccccc1. The van der Waals surface area contributed by atoms with Gasteiger partial charge >= 0.3 is 5.97 Å². The Morgan fingerprint density at radius 1 is 1.32 bits per heavy atom. The predicted octanol–water partition coefficient (Wildman–Crippen LogP) is 2.24. The minimum atomic E-state index is -1.39. The quantitative estimate of drug-likeness (QED) is 0.839. The summed E-state index contributed by atoms with van der Waals surface area (Å²) in [7, 11) is 0. The average Bonchev–Trinajstić information content (AvgIpc) is 2.37. The number of nitrogens with one attached hydrogen (secondary N) is 1. The predicted molar refractivity (Wildman–Crippen MR) is 77.2 cm³/mol. The van der Waals surface area contributed by atoms with E-state index in [0.717, 1.165) is 0 Å². The van der Waals surface area contributed by atoms with Crippen LogP contribution >= 0.6 is 11.8 Å². The Bertz CT molecular complexity index is 447. The molecule has 0 fully saturated rings. The van der Waals surface area contributed by atoms with Gasteiger partial charge in [-0.1, -0.05) is 44.2 Å². The lowest BCUT2D eigenvalue weighted by Gasteiger charge is -2.26. The first-order valence-corrected chi connectivity index (χ1v) is 7.12. The van der Waals surface area contributed by atoms with Gasteiger partial charge in [-0.05, 0) is 17.7 Å². The Labute approximate surface area is 117 Å². The first kappa shape index (κ1) is 15.6. The van der Waals surface area contributed by atoms with E-state index in [1.165, 1.54) is 18.7 Å². The van der Waals surface area contributed by atoms with E-state index >= 15 is 0 Å². The van der Waals surface area contributed by atoms with Gasteiger partial charge in [0.1, 0.15) is 0 Å². The molecule has 0 aliphatic rings. The van der Waals surface area contributed by atoms with Crippen LogP contribution in [-0.4, -0.2) is 28.0 Å². The molecular formula is C14H19NO3S. The molecule has 1 aromatic carbocycles. The van der Waals surface area contributed by atoms with Crippen LogP contribution in [0.15, 0.2) is 30.3 Å². The molecule has 2 N–H and O–H groups in total. The van der Waals surface area contributed by atoms with Crippen molar-refractivity contribution >= 4 is 23.6 Å². The molecule has 1 rings (SSSR count). The van der Waals surface area contributed by atoms with Gasteiger partial charge in [0.25, 0.3) is 0 Å². The first-order chi connectivity index (χ1) is 8.86. The van der Waals surface area contributed by atoms with E-state index in [2.05, 4.69) is 5.32 Å². The number of thioether (sulfide) groups is 1. The second kappa shape index (κ2) is 6.61. The number of carbonyl (C=O) groups excluding carboxylic acids is 1. The van der Waals surface area contributed by atoms with Gasteiger partial charge in [-0.15, -0.1) is 11.8 Å². The molecule has 1 aromatic rings. The van der Waals surface area contributed by atoms with Gasteiger partial charge in [0.2, 0.25) is 5.91 Å². The number of amides is 1. The zero-order valence-corrected chi connectivity index (χ0v) is 12.2. The monoisotopic (exact) mass is 281 g/mol. The maximum atomic E-state index is 11.8. The van der Waals surface area contributed by atoms with E-state index < -0.39 is 11.5 Å². The molecule has 0 aliphatic heterocycles. The van der Waals surface area contributed by atoms with E-state index in [-0.39, 0.29) is 11.7 Å². The van der Waals surface area contributed by atoms with Gasteiger partial charge < -0.3 is 10.4 Å². The number of aliphatic carboxylic acids is 1. The molecule has 104 valence electrons. The van der Waals surface area contributed by atoms with Gasteiger partial charge in [0.05, 0.1) is 5.75 Å². The second-order valence-electron chi connectivity index (χ2n) is 4.70. The summed E-state index contributed by atoms with van der Waals surface area (Å²) in [6.07, 6.45) is 0. The third-order valence-corrected chi connectivity index (χ3v) is 3.81. The molecule has 0 aromatic heterocycles. The fraction of sp³-hybridized carbons (Fsp3) is 0.429. The smallest absolute Gasteiger partial charge is 0.333 e. The van der Waals surface area contributed by atoms with E-state index in [4.69, 9.17) is 0 Å². The first-order valence-electron chi connectivity index (χ1n) is 6.08. The Morgan fingerprint density at radius 2 is 1.89 bits per heavy atom. The highest BCUT2D eigenvalue weighted by molar-refractivity contribution is 8.00. The summed E-state index contributed by atoms with van der Waals surface area (Å²) in [4.78, 5) is 23.3. The van der Waals surface area contributed by atoms with E-state index in [1.54, 1.807) is 24.3 Å². The average molecular weight is 281 g/mol. The highest BCUT2D eigenvalue weighted by atomic mass is 32.2. The highest BCUT2D eigenvalue weighted by Crippen LogP contribution is 2.21. The Balaban J connectivity index is 2.84. The number of benzene rings is 1. The lowest BCUT2D eigenvalue weighted by molar-refractivity contribution is -0.147. The van der Waals surface area contributed by atoms with Crippen LogP contribution in [0.25, 0.3) is 0 Å². The van der Waals surface area contributed by atoms with Gasteiger partial charge in [-0.2, -0.15) is 0 Å². The lowest BCUT2D eigenvalue weighted by Crippen LogP contribution is -2.50. The molecule has 0 heterocycles. The molecule has 19 heavy (non-hydrogen) atoms. The van der Waals surface area contributed by atoms with Crippen LogP contribution in [0, 0.1) is 0 Å². The van der Waals surface area contributed by atoms with Crippen LogP contribution in [0.4, 0.5) is 0 Å². The minimum Gasteiger partial charge on any atom is -0.479 e. The zero-order chi connectivity index (χ0) is 14.5. The van der Waals surface area contributed by atoms with Crippen molar-refractivity contribution < 1.29 is 14.7 Å². The summed E-state index contributed by atoms with van der Waals surface area (Å²) in [6, 6.07) is 8.72. The molecule has 0 saturated heterocycles. The topological polar surface area (TPSA) is 66.4 Å². The molecule has 4 nitrogen and oxygen atoms in total. The summed E-state index contributed by atoms with van der Waals surface area (Å²) >= 11 is 1.48. The molecule has 1 unspecified atom stereocenters. The van der Waals surface area contributed by atoms with Crippen molar-refractivity contribution in [2.75, 3.05) is 5.75 Å². The third-order valence-electron chi connectivity index (χ3n) is 2.72. The van der Waals surface area contributed by atoms with Gasteiger partial charge in [0, 0.05) is 0 Å². The van der Waals surface area contributed by atoms with Crippen LogP contribution in [0.3, 0.4) is 0 Å². The minimum absolute atomic E-state index is 0.257. The number of hydrogen-bond donors (Lipinski definition) is 2. The number of carboxylic acids is 1. The normalized spacial score (nSPS) is 13.9. The van der Waals surface area contributed by atoms with Gasteiger partial charge in [0.15, 0.2) is 5.54 Å². The summed E-state index contributed by atoms with van der Waals surface area (Å²) < 4.78 is 0. The van der Waals surface area contributed by atoms with E-state index in [0.29, 0.717) is 10.8 Å². The molecule has 0 saturated carbocycles. The Morgan fingerprint density at radius 3 is 2.37 bits per heavy atom. The number of hydrogen-bond acceptors (Lipinski definition) is 3. The van der Waals surface area contributed by atoms with E-state index in [1.807, 2.05) is 19.9 Å². The van der Waals surface area contributed by atoms with Crippen molar-refractivity contribution in [2.45, 2.75) is 31.6 Å². The third kappa shape index (κ3) is 4.28. The van der Waals surface area contributed by atoms with Crippen molar-refractivity contribution in [2.24, 2.45) is 0 Å². The molecule has 0 radical (unpaired) electrons. The lowest BCUT2D eigenvalue weighted by atomic mass is 9.92. The zero-order valence-electron chi connectivity index (χ0n) is 11.3. The summed E-state index contributed by atoms with van der Waals surface area (Å²) in [5.74, 6) is -1.08. The molecule has 1 atom stereocenters. The van der Waals surface area contributed by atoms with Crippen molar-refractivity contribution in [1.82, 2.24) is 5.32 Å². The van der Waals surface area contributed by atoms with Gasteiger partial charge in [-0.25, -0.2) is 4.79 Å². The van der Waals surface area contributed by atoms with Gasteiger partial charge in [-0.3, -0.25) is 4.79 Å². The maximum Gasteiger partial charge on any atom is 0.333 e. The Kier molecular flexibility index (Phi) is 5.42. The molecule has 0 spiro atoms. The number of carbonyl (C=O) groups is 2. The number of rotatable bonds is 6. The van der Waals surface area contributed by atoms with Crippen molar-refractivity contribution in [3.05, 3.63) is 35.9 Å². The fourth-order valence-corrected chi connectivity index (χ4v) is 2.13. The largest absolute Gasteiger partial charge is 0.479 e. The number of carboxylic acid groups (broad SMARTS) is 1. The molecule has 5 heteroatoms. The molecule has 0 aliphatic carbocycles. The van der Waals surface area contributed by atoms with Crippen LogP contribution in [0.2, 0.25) is 0 Å². The molecule has 0 bridgehead atoms. The van der Waals surface area contributed by atoms with E-state index in [9.17, 15) is 14.7 Å². The summed E-state index contributed by atoms with van der Waals surface area (Å²) in [6.45, 7) is 5.49. The van der Waals surface area contributed by atoms with Crippen molar-refractivity contribution in [3.63, 3.8) is 0 Å². The standard InChI is InChI=1S/C14H19NO3S/c1-10(2)19-9-12(16)15-14(3,13(17)18)11-7-5-4-6-8-11/h4-8,10H,9H2,1-3H3,(H,15,16)(H,17,18). The molecule has 1 amide bonds. The highest BCUT2D eigenvalue weighted by Gasteiger charge is 2.36. The maximum absolute atomic E-state index is 11.8. The summed E-state index contributed by atoms with van der Waals surface area (Å²) in [5, 5.41) is 12.3. The van der Waals surface area contributed by atoms with Crippen LogP contribution in [-0.2, 0) is 15.1 Å². The second-order valence-corrected chi connectivity index (χ2v) is 6.27. The Hall–Kier alpha value is -1.49. The van der Waals surface area contributed by atoms with Crippen LogP contribution in [0.1, 0.15) is 26.3 Å². The molecular weight excluding hydrogens is 262 g/mol.